The molecule has 8 heterocycles. The average molecular weight is 1930 g/mol. The van der Waals surface area contributed by atoms with Crippen LogP contribution in [-0.2, 0) is 90.2 Å². The molecular formula is C88H157N3O42. The zero-order valence-electron chi connectivity index (χ0n) is 76.9. The Bertz CT molecular complexity index is 3250. The van der Waals surface area contributed by atoms with Crippen molar-refractivity contribution in [3.05, 3.63) is 12.2 Å². The second-order valence-corrected chi connectivity index (χ2v) is 36.3. The van der Waals surface area contributed by atoms with Crippen LogP contribution in [0.25, 0.3) is 0 Å². The number of aliphatic hydroxyl groups excluding tert-OH is 23. The highest BCUT2D eigenvalue weighted by Crippen LogP contribution is 2.40. The maximum absolute atomic E-state index is 13.6. The molecule has 0 radical (unpaired) electrons. The SMILES string of the molecule is CCCCCCCCCCCCC/C=C/[C@@H](O)[C@H](CO[C@@H]1OC(CO)[C@@H](O[C@@H]2OC(CO)[C@H](O[C@@H]3OC(CO)[C@H](O)[C@H](O[C@@H]4OC(CO[C@@H]5OC(CO)[C@@H](O[C@@H]6OC(CO)[C@H](O)[C@H](O)C6O)[C@H](O[C@H]6OC(C)[C@@H](O)C(O)[C@@H]6O)C5NC(C)=O)[C@H](O)[C@H](O[C@@H]5OC(CO)[C@H](O)[C@H](O)C5O)C4NC(C)=O)C3O)[C@H](O)C2O)[C@H](O)C1O)NC(=O)CCCCCCCCCCCCCCCCC. The van der Waals surface area contributed by atoms with Gasteiger partial charge in [0.1, 0.15) is 189 Å². The fourth-order valence-corrected chi connectivity index (χ4v) is 17.9. The molecule has 8 aliphatic heterocycles. The van der Waals surface area contributed by atoms with Gasteiger partial charge in [0.2, 0.25) is 17.7 Å². The number of aliphatic hydroxyl groups is 23. The minimum Gasteiger partial charge on any atom is -0.394 e. The summed E-state index contributed by atoms with van der Waals surface area (Å²) in [4.78, 5) is 40.4. The number of rotatable bonds is 57. The van der Waals surface area contributed by atoms with E-state index in [9.17, 15) is 132 Å². The third kappa shape index (κ3) is 32.8. The number of unbranched alkanes of at least 4 members (excludes halogenated alkanes) is 25. The zero-order valence-corrected chi connectivity index (χ0v) is 76.9. The summed E-state index contributed by atoms with van der Waals surface area (Å²) in [5.41, 5.74) is 0. The minimum atomic E-state index is -2.42. The molecule has 8 fully saturated rings. The highest BCUT2D eigenvalue weighted by Gasteiger charge is 2.60. The zero-order chi connectivity index (χ0) is 97.3. The van der Waals surface area contributed by atoms with Gasteiger partial charge in [0, 0.05) is 20.3 Å². The molecule has 0 aromatic carbocycles. The van der Waals surface area contributed by atoms with Gasteiger partial charge < -0.3 is 209 Å². The van der Waals surface area contributed by atoms with E-state index in [1.165, 1.54) is 110 Å². The van der Waals surface area contributed by atoms with E-state index in [1.54, 1.807) is 6.08 Å². The number of hydrogen-bond donors (Lipinski definition) is 26. The predicted octanol–water partition coefficient (Wildman–Crippen LogP) is -5.75. The monoisotopic (exact) mass is 1930 g/mol. The van der Waals surface area contributed by atoms with Gasteiger partial charge in [-0.05, 0) is 26.2 Å². The van der Waals surface area contributed by atoms with E-state index in [4.69, 9.17) is 75.8 Å². The van der Waals surface area contributed by atoms with E-state index in [-0.39, 0.29) is 12.3 Å². The Labute approximate surface area is 775 Å². The summed E-state index contributed by atoms with van der Waals surface area (Å²) in [6, 6.07) is -4.96. The van der Waals surface area contributed by atoms with Crippen molar-refractivity contribution in [3.63, 3.8) is 0 Å². The molecule has 26 N–H and O–H groups in total. The lowest BCUT2D eigenvalue weighted by Gasteiger charge is -2.51. The summed E-state index contributed by atoms with van der Waals surface area (Å²) in [5.74, 6) is -2.26. The van der Waals surface area contributed by atoms with Crippen molar-refractivity contribution in [2.24, 2.45) is 0 Å². The molecule has 16 unspecified atom stereocenters. The van der Waals surface area contributed by atoms with Gasteiger partial charge in [0.15, 0.2) is 50.3 Å². The Hall–Kier alpha value is -3.41. The normalized spacial score (nSPS) is 40.2. The van der Waals surface area contributed by atoms with Crippen LogP contribution in [0.1, 0.15) is 214 Å². The second-order valence-electron chi connectivity index (χ2n) is 36.3. The Balaban J connectivity index is 0.969. The van der Waals surface area contributed by atoms with Crippen LogP contribution in [0.4, 0.5) is 0 Å². The molecule has 0 aromatic heterocycles. The van der Waals surface area contributed by atoms with Gasteiger partial charge >= 0.3 is 0 Å². The molecule has 42 atom stereocenters. The molecule has 45 nitrogen and oxygen atoms in total. The van der Waals surface area contributed by atoms with Crippen molar-refractivity contribution in [1.82, 2.24) is 16.0 Å². The number of amides is 3. The first-order valence-corrected chi connectivity index (χ1v) is 47.8. The molecule has 0 aromatic rings. The second kappa shape index (κ2) is 58.9. The fourth-order valence-electron chi connectivity index (χ4n) is 17.9. The van der Waals surface area contributed by atoms with E-state index in [0.29, 0.717) is 12.8 Å². The number of hydrogen-bond acceptors (Lipinski definition) is 42. The van der Waals surface area contributed by atoms with Gasteiger partial charge in [0.05, 0.1) is 71.1 Å². The first-order valence-electron chi connectivity index (χ1n) is 47.8. The van der Waals surface area contributed by atoms with Gasteiger partial charge in [-0.25, -0.2) is 0 Å². The maximum atomic E-state index is 13.6. The van der Waals surface area contributed by atoms with Crippen molar-refractivity contribution < 1.29 is 208 Å². The van der Waals surface area contributed by atoms with Crippen LogP contribution in [0.5, 0.6) is 0 Å². The summed E-state index contributed by atoms with van der Waals surface area (Å²) in [7, 11) is 0. The van der Waals surface area contributed by atoms with Crippen LogP contribution >= 0.6 is 0 Å². The first-order chi connectivity index (χ1) is 63.7. The molecule has 133 heavy (non-hydrogen) atoms. The molecule has 8 saturated heterocycles. The number of allylic oxidation sites excluding steroid dienone is 1. The van der Waals surface area contributed by atoms with Crippen molar-refractivity contribution in [3.8, 4) is 0 Å². The predicted molar refractivity (Wildman–Crippen MR) is 458 cm³/mol. The van der Waals surface area contributed by atoms with E-state index < -0.39 is 322 Å². The highest BCUT2D eigenvalue weighted by atomic mass is 16.8. The first kappa shape index (κ1) is 115. The van der Waals surface area contributed by atoms with Crippen LogP contribution in [-0.4, -0.2) is 446 Å². The summed E-state index contributed by atoms with van der Waals surface area (Å²) >= 11 is 0. The summed E-state index contributed by atoms with van der Waals surface area (Å²) in [5, 5.41) is 266. The number of carbonyl (C=O) groups is 3. The molecule has 8 rings (SSSR count). The maximum Gasteiger partial charge on any atom is 0.220 e. The highest BCUT2D eigenvalue weighted by molar-refractivity contribution is 5.76. The standard InChI is InChI=1S/C88H157N3O42/c1-6-8-10-12-14-16-18-20-21-23-25-27-29-31-33-35-56(101)91-47(48(100)34-32-30-28-26-24-22-19-17-15-13-11-9-7-2)42-118-83-72(115)67(110)75(52(39-95)125-83)128-87-73(116)68(111)76(53(40-96)126-87)129-88-74(117)80(62(105)51(38-94)123-88)133-82-57(89-45(4)98)78(131-86-71(114)66(109)61(104)50(37-93)122-86)63(106)55(127-82)43-119-81-58(90-46(5)99)79(132-84-69(112)64(107)59(102)44(3)120-84)77(54(41-97)124-81)130-85-70(113)65(108)60(103)49(36-92)121-85/h32,34,44,47-55,57-88,92-97,100,102-117H,6-31,33,35-43H2,1-5H3,(H,89,98)(H,90,99)(H,91,101)/b34-32+/t44?,47-,48+,49?,50?,51?,52?,53?,54?,55?,57?,58?,59+,60-,61-,62-,63-,64?,65-,66-,67+,68+,69-,70?,71?,72?,73?,74?,75+,76-,77+,78+,79+,80-,81+,82-,83+,84+,85-,86-,87-,88-/m0/s1. The van der Waals surface area contributed by atoms with Crippen molar-refractivity contribution >= 4 is 17.7 Å². The number of carbonyl (C=O) groups excluding carboxylic acids is 3. The Kier molecular flexibility index (Phi) is 50.8. The van der Waals surface area contributed by atoms with E-state index in [2.05, 4.69) is 29.8 Å². The molecule has 0 saturated carbocycles. The summed E-state index contributed by atoms with van der Waals surface area (Å²) in [6.45, 7) is -0.298. The van der Waals surface area contributed by atoms with Crippen LogP contribution in [0.2, 0.25) is 0 Å². The van der Waals surface area contributed by atoms with Gasteiger partial charge in [-0.2, -0.15) is 0 Å². The molecule has 0 aliphatic carbocycles. The molecule has 3 amide bonds. The molecule has 8 aliphatic rings. The Morgan fingerprint density at radius 1 is 0.316 bits per heavy atom. The summed E-state index contributed by atoms with van der Waals surface area (Å²) in [6.07, 6.45) is -43.9. The smallest absolute Gasteiger partial charge is 0.220 e. The van der Waals surface area contributed by atoms with E-state index in [1.807, 2.05) is 6.08 Å². The lowest BCUT2D eigenvalue weighted by Crippen LogP contribution is -2.71. The van der Waals surface area contributed by atoms with Crippen LogP contribution in [0, 0.1) is 0 Å². The van der Waals surface area contributed by atoms with Gasteiger partial charge in [-0.3, -0.25) is 14.4 Å². The van der Waals surface area contributed by atoms with E-state index >= 15 is 0 Å². The fraction of sp³-hybridized carbons (Fsp3) is 0.943. The lowest BCUT2D eigenvalue weighted by molar-refractivity contribution is -0.391. The Morgan fingerprint density at radius 3 is 1.11 bits per heavy atom. The number of nitrogens with one attached hydrogen (secondary N) is 3. The molecule has 0 spiro atoms. The minimum absolute atomic E-state index is 0.152. The van der Waals surface area contributed by atoms with Crippen LogP contribution < -0.4 is 16.0 Å². The molecule has 0 bridgehead atoms. The van der Waals surface area contributed by atoms with Crippen LogP contribution in [0.3, 0.4) is 0 Å². The van der Waals surface area contributed by atoms with Crippen LogP contribution in [0.15, 0.2) is 12.2 Å². The largest absolute Gasteiger partial charge is 0.394 e. The molecule has 45 heteroatoms. The third-order valence-electron chi connectivity index (χ3n) is 25.9. The average Bonchev–Trinajstić information content (AvgIpc) is 0.761. The number of ether oxygens (including phenoxy) is 16. The van der Waals surface area contributed by atoms with Crippen molar-refractivity contribution in [2.45, 2.75) is 472 Å². The Morgan fingerprint density at radius 2 is 0.647 bits per heavy atom. The van der Waals surface area contributed by atoms with Gasteiger partial charge in [-0.1, -0.05) is 180 Å². The molecule has 776 valence electrons. The molecular weight excluding hydrogens is 1770 g/mol. The topological polar surface area (TPSA) is 700 Å². The van der Waals surface area contributed by atoms with E-state index in [0.717, 1.165) is 71.6 Å². The quantitative estimate of drug-likeness (QED) is 0.0199. The third-order valence-corrected chi connectivity index (χ3v) is 25.9. The van der Waals surface area contributed by atoms with Crippen molar-refractivity contribution in [1.29, 1.82) is 0 Å². The van der Waals surface area contributed by atoms with Gasteiger partial charge in [-0.15, -0.1) is 0 Å². The van der Waals surface area contributed by atoms with Gasteiger partial charge in [0.25, 0.3) is 0 Å². The summed E-state index contributed by atoms with van der Waals surface area (Å²) < 4.78 is 96.4. The van der Waals surface area contributed by atoms with Crippen molar-refractivity contribution in [2.75, 3.05) is 52.9 Å². The lowest BCUT2D eigenvalue weighted by atomic mass is 9.93.